The van der Waals surface area contributed by atoms with Crippen molar-refractivity contribution in [2.75, 3.05) is 0 Å². The van der Waals surface area contributed by atoms with E-state index in [-0.39, 0.29) is 12.4 Å². The average molecular weight is 145 g/mol. The lowest BCUT2D eigenvalue weighted by atomic mass is 10.7. The van der Waals surface area contributed by atoms with E-state index in [2.05, 4.69) is 4.98 Å². The van der Waals surface area contributed by atoms with Gasteiger partial charge in [-0.05, 0) is 6.92 Å². The molecule has 0 atom stereocenters. The molecular weight excluding hydrogens is 136 g/mol. The van der Waals surface area contributed by atoms with Crippen molar-refractivity contribution in [1.29, 1.82) is 0 Å². The van der Waals surface area contributed by atoms with E-state index in [4.69, 9.17) is 0 Å². The molecule has 0 saturated heterocycles. The number of nitrogens with zero attached hydrogens (tertiary/aromatic N) is 2. The zero-order chi connectivity index (χ0) is 5.82. The van der Waals surface area contributed by atoms with Crippen molar-refractivity contribution in [3.05, 3.63) is 24.8 Å². The summed E-state index contributed by atoms with van der Waals surface area (Å²) in [6.45, 7) is 1.97. The highest BCUT2D eigenvalue weighted by molar-refractivity contribution is 5.85. The lowest BCUT2D eigenvalue weighted by Gasteiger charge is -1.83. The lowest BCUT2D eigenvalue weighted by molar-refractivity contribution is 1.13. The minimum atomic E-state index is 0. The van der Waals surface area contributed by atoms with Crippen LogP contribution in [0.5, 0.6) is 0 Å². The monoisotopic (exact) mass is 144 g/mol. The molecule has 0 aliphatic heterocycles. The van der Waals surface area contributed by atoms with Gasteiger partial charge in [0.15, 0.2) is 0 Å². The van der Waals surface area contributed by atoms with Gasteiger partial charge in [0.2, 0.25) is 0 Å². The molecule has 1 heterocycles. The molecule has 0 amide bonds. The summed E-state index contributed by atoms with van der Waals surface area (Å²) < 4.78 is 1.89. The fourth-order valence-corrected chi connectivity index (χ4v) is 0.530. The van der Waals surface area contributed by atoms with E-state index in [0.717, 1.165) is 0 Å². The summed E-state index contributed by atoms with van der Waals surface area (Å²) in [5.74, 6) is 0. The Morgan fingerprint density at radius 1 is 1.56 bits per heavy atom. The maximum absolute atomic E-state index is 3.85. The predicted octanol–water partition coefficient (Wildman–Crippen LogP) is 1.80. The van der Waals surface area contributed by atoms with E-state index in [1.807, 2.05) is 30.0 Å². The Labute approximate surface area is 60.6 Å². The fourth-order valence-electron chi connectivity index (χ4n) is 0.530. The summed E-state index contributed by atoms with van der Waals surface area (Å²) in [6, 6.07) is 0. The van der Waals surface area contributed by atoms with Crippen LogP contribution in [0.1, 0.15) is 6.92 Å². The summed E-state index contributed by atoms with van der Waals surface area (Å²) >= 11 is 0. The largest absolute Gasteiger partial charge is 0.313 e. The molecule has 0 fully saturated rings. The molecule has 9 heavy (non-hydrogen) atoms. The Morgan fingerprint density at radius 3 is 2.78 bits per heavy atom. The van der Waals surface area contributed by atoms with E-state index in [1.54, 1.807) is 12.5 Å². The van der Waals surface area contributed by atoms with Crippen LogP contribution >= 0.6 is 12.4 Å². The number of aromatic nitrogens is 2. The van der Waals surface area contributed by atoms with E-state index < -0.39 is 0 Å². The number of hydrogen-bond donors (Lipinski definition) is 0. The van der Waals surface area contributed by atoms with Gasteiger partial charge in [-0.3, -0.25) is 0 Å². The fraction of sp³-hybridized carbons (Fsp3) is 0.167. The molecule has 1 aromatic rings. The molecule has 0 aromatic carbocycles. The van der Waals surface area contributed by atoms with Gasteiger partial charge in [0.1, 0.15) is 0 Å². The van der Waals surface area contributed by atoms with Gasteiger partial charge in [-0.1, -0.05) is 6.08 Å². The maximum Gasteiger partial charge on any atom is 0.0986 e. The van der Waals surface area contributed by atoms with Gasteiger partial charge < -0.3 is 4.57 Å². The van der Waals surface area contributed by atoms with Gasteiger partial charge in [0.25, 0.3) is 0 Å². The molecule has 0 saturated carbocycles. The summed E-state index contributed by atoms with van der Waals surface area (Å²) in [5, 5.41) is 0. The highest BCUT2D eigenvalue weighted by Gasteiger charge is 1.74. The standard InChI is InChI=1S/C6H8N2.ClH/c1-2-4-8-5-3-7-6-8;/h2-6H,1H3;1H. The van der Waals surface area contributed by atoms with Gasteiger partial charge >= 0.3 is 0 Å². The molecule has 50 valence electrons. The second-order valence-corrected chi connectivity index (χ2v) is 1.49. The third-order valence-corrected chi connectivity index (χ3v) is 0.846. The van der Waals surface area contributed by atoms with Gasteiger partial charge in [0, 0.05) is 18.6 Å². The SMILES string of the molecule is CC=Cn1ccnc1.Cl. The van der Waals surface area contributed by atoms with Crippen molar-refractivity contribution in [3.8, 4) is 0 Å². The molecule has 0 bridgehead atoms. The van der Waals surface area contributed by atoms with E-state index in [1.165, 1.54) is 0 Å². The molecule has 1 rings (SSSR count). The quantitative estimate of drug-likeness (QED) is 0.588. The first kappa shape index (κ1) is 8.24. The van der Waals surface area contributed by atoms with Crippen molar-refractivity contribution in [1.82, 2.24) is 9.55 Å². The smallest absolute Gasteiger partial charge is 0.0986 e. The Balaban J connectivity index is 0.000000640. The van der Waals surface area contributed by atoms with Crippen LogP contribution in [0, 0.1) is 0 Å². The summed E-state index contributed by atoms with van der Waals surface area (Å²) in [5.41, 5.74) is 0. The molecule has 0 spiro atoms. The Bertz CT molecular complexity index is 167. The maximum atomic E-state index is 3.85. The number of halogens is 1. The average Bonchev–Trinajstić information content (AvgIpc) is 2.19. The highest BCUT2D eigenvalue weighted by Crippen LogP contribution is 1.84. The van der Waals surface area contributed by atoms with E-state index in [9.17, 15) is 0 Å². The van der Waals surface area contributed by atoms with E-state index >= 15 is 0 Å². The van der Waals surface area contributed by atoms with Crippen molar-refractivity contribution in [3.63, 3.8) is 0 Å². The molecule has 0 radical (unpaired) electrons. The first-order valence-electron chi connectivity index (χ1n) is 2.54. The molecule has 0 unspecified atom stereocenters. The molecule has 1 aromatic heterocycles. The Morgan fingerprint density at radius 2 is 2.33 bits per heavy atom. The van der Waals surface area contributed by atoms with Crippen LogP contribution in [0.3, 0.4) is 0 Å². The molecule has 0 N–H and O–H groups in total. The number of imidazole rings is 1. The van der Waals surface area contributed by atoms with Crippen molar-refractivity contribution in [2.24, 2.45) is 0 Å². The minimum Gasteiger partial charge on any atom is -0.313 e. The molecule has 2 nitrogen and oxygen atoms in total. The first-order chi connectivity index (χ1) is 3.93. The van der Waals surface area contributed by atoms with Crippen molar-refractivity contribution in [2.45, 2.75) is 6.92 Å². The summed E-state index contributed by atoms with van der Waals surface area (Å²) in [7, 11) is 0. The predicted molar refractivity (Wildman–Crippen MR) is 40.5 cm³/mol. The normalized spacial score (nSPS) is 9.44. The Kier molecular flexibility index (Phi) is 3.80. The van der Waals surface area contributed by atoms with Crippen LogP contribution < -0.4 is 0 Å². The highest BCUT2D eigenvalue weighted by atomic mass is 35.5. The van der Waals surface area contributed by atoms with Crippen LogP contribution in [-0.4, -0.2) is 9.55 Å². The molecule has 3 heteroatoms. The second kappa shape index (κ2) is 4.15. The second-order valence-electron chi connectivity index (χ2n) is 1.49. The number of allylic oxidation sites excluding steroid dienone is 1. The van der Waals surface area contributed by atoms with Crippen LogP contribution in [0.15, 0.2) is 24.8 Å². The molecule has 0 aliphatic rings. The number of hydrogen-bond acceptors (Lipinski definition) is 1. The van der Waals surface area contributed by atoms with Gasteiger partial charge in [0.05, 0.1) is 6.33 Å². The lowest BCUT2D eigenvalue weighted by Crippen LogP contribution is -1.75. The van der Waals surface area contributed by atoms with Crippen molar-refractivity contribution >= 4 is 18.6 Å². The van der Waals surface area contributed by atoms with Gasteiger partial charge in [-0.2, -0.15) is 0 Å². The Hall–Kier alpha value is -0.760. The zero-order valence-electron chi connectivity index (χ0n) is 5.19. The van der Waals surface area contributed by atoms with Crippen LogP contribution in [0.2, 0.25) is 0 Å². The van der Waals surface area contributed by atoms with Gasteiger partial charge in [-0.25, -0.2) is 4.98 Å². The molecular formula is C6H9ClN2. The van der Waals surface area contributed by atoms with E-state index in [0.29, 0.717) is 0 Å². The van der Waals surface area contributed by atoms with Crippen molar-refractivity contribution < 1.29 is 0 Å². The third kappa shape index (κ3) is 2.33. The number of rotatable bonds is 1. The summed E-state index contributed by atoms with van der Waals surface area (Å²) in [6.07, 6.45) is 9.29. The summed E-state index contributed by atoms with van der Waals surface area (Å²) in [4.78, 5) is 3.85. The molecule has 0 aliphatic carbocycles. The third-order valence-electron chi connectivity index (χ3n) is 0.846. The van der Waals surface area contributed by atoms with Gasteiger partial charge in [-0.15, -0.1) is 12.4 Å². The first-order valence-corrected chi connectivity index (χ1v) is 2.54. The van der Waals surface area contributed by atoms with Crippen LogP contribution in [-0.2, 0) is 0 Å². The zero-order valence-corrected chi connectivity index (χ0v) is 6.01. The van der Waals surface area contributed by atoms with Crippen LogP contribution in [0.25, 0.3) is 6.20 Å². The topological polar surface area (TPSA) is 17.8 Å². The minimum absolute atomic E-state index is 0. The van der Waals surface area contributed by atoms with Crippen LogP contribution in [0.4, 0.5) is 0 Å².